The van der Waals surface area contributed by atoms with Crippen LogP contribution in [0.5, 0.6) is 0 Å². The van der Waals surface area contributed by atoms with E-state index in [0.717, 1.165) is 19.3 Å². The van der Waals surface area contributed by atoms with Crippen molar-refractivity contribution in [2.75, 3.05) is 12.3 Å². The number of hydrogen-bond donors (Lipinski definition) is 2. The molecule has 0 spiro atoms. The number of carbonyl (C=O) groups excluding carboxylic acids is 1. The Bertz CT molecular complexity index is 347. The SMILES string of the molecule is CCCCCCCCCCCC(=O)NCCS(=O)(=O)O.[BaH2]. The molecule has 5 nitrogen and oxygen atoms in total. The molecule has 0 heterocycles. The van der Waals surface area contributed by atoms with Crippen LogP contribution in [0, 0.1) is 0 Å². The van der Waals surface area contributed by atoms with Gasteiger partial charge in [0.15, 0.2) is 0 Å². The van der Waals surface area contributed by atoms with Crippen LogP contribution in [0.25, 0.3) is 0 Å². The monoisotopic (exact) mass is 447 g/mol. The molecule has 0 aliphatic rings. The summed E-state index contributed by atoms with van der Waals surface area (Å²) in [7, 11) is -3.98. The molecule has 0 saturated carbocycles. The molecule has 0 fully saturated rings. The summed E-state index contributed by atoms with van der Waals surface area (Å²) in [6, 6.07) is 0. The van der Waals surface area contributed by atoms with Gasteiger partial charge in [0, 0.05) is 13.0 Å². The van der Waals surface area contributed by atoms with E-state index in [2.05, 4.69) is 12.2 Å². The number of unbranched alkanes of at least 4 members (excludes halogenated alkanes) is 8. The fraction of sp³-hybridized carbons (Fsp3) is 0.929. The van der Waals surface area contributed by atoms with Gasteiger partial charge in [-0.1, -0.05) is 58.3 Å². The zero-order valence-electron chi connectivity index (χ0n) is 12.6. The van der Waals surface area contributed by atoms with Crippen LogP contribution < -0.4 is 5.32 Å². The second kappa shape index (κ2) is 15.8. The van der Waals surface area contributed by atoms with E-state index >= 15 is 0 Å². The quantitative estimate of drug-likeness (QED) is 0.257. The first-order valence-corrected chi connectivity index (χ1v) is 9.28. The van der Waals surface area contributed by atoms with Crippen molar-refractivity contribution in [1.29, 1.82) is 0 Å². The van der Waals surface area contributed by atoms with Gasteiger partial charge in [0.2, 0.25) is 5.91 Å². The molecule has 0 aromatic rings. The third-order valence-electron chi connectivity index (χ3n) is 3.19. The minimum atomic E-state index is -3.98. The van der Waals surface area contributed by atoms with Gasteiger partial charge in [0.1, 0.15) is 0 Å². The molecule has 0 bridgehead atoms. The van der Waals surface area contributed by atoms with Crippen molar-refractivity contribution in [3.05, 3.63) is 0 Å². The molecule has 0 aromatic carbocycles. The minimum absolute atomic E-state index is 0. The Hall–Kier alpha value is 0.951. The van der Waals surface area contributed by atoms with Crippen molar-refractivity contribution in [3.63, 3.8) is 0 Å². The second-order valence-electron chi connectivity index (χ2n) is 5.21. The van der Waals surface area contributed by atoms with Crippen LogP contribution in [-0.4, -0.2) is 80.1 Å². The first-order valence-electron chi connectivity index (χ1n) is 7.67. The van der Waals surface area contributed by atoms with Crippen molar-refractivity contribution < 1.29 is 17.8 Å². The number of carbonyl (C=O) groups is 1. The van der Waals surface area contributed by atoms with Gasteiger partial charge in [-0.15, -0.1) is 0 Å². The zero-order chi connectivity index (χ0) is 15.3. The zero-order valence-corrected chi connectivity index (χ0v) is 13.4. The van der Waals surface area contributed by atoms with Crippen LogP contribution >= 0.6 is 0 Å². The molecular formula is C14H31BaNO4S. The first kappa shape index (κ1) is 24.2. The van der Waals surface area contributed by atoms with Crippen molar-refractivity contribution >= 4 is 64.9 Å². The predicted molar refractivity (Wildman–Crippen MR) is 89.8 cm³/mol. The molecule has 124 valence electrons. The topological polar surface area (TPSA) is 83.5 Å². The summed E-state index contributed by atoms with van der Waals surface area (Å²) in [6.07, 6.45) is 11.2. The summed E-state index contributed by atoms with van der Waals surface area (Å²) >= 11 is 0. The average molecular weight is 447 g/mol. The third kappa shape index (κ3) is 21.0. The maximum absolute atomic E-state index is 11.3. The molecule has 0 radical (unpaired) electrons. The molecule has 0 aliphatic carbocycles. The average Bonchev–Trinajstić information content (AvgIpc) is 2.35. The van der Waals surface area contributed by atoms with Gasteiger partial charge in [-0.3, -0.25) is 9.35 Å². The Balaban J connectivity index is 0. The molecular weight excluding hydrogens is 416 g/mol. The molecule has 21 heavy (non-hydrogen) atoms. The van der Waals surface area contributed by atoms with E-state index in [0.29, 0.717) is 6.42 Å². The van der Waals surface area contributed by atoms with E-state index < -0.39 is 15.9 Å². The molecule has 1 amide bonds. The van der Waals surface area contributed by atoms with Gasteiger partial charge in [-0.05, 0) is 6.42 Å². The van der Waals surface area contributed by atoms with Gasteiger partial charge < -0.3 is 5.32 Å². The Morgan fingerprint density at radius 3 is 1.90 bits per heavy atom. The van der Waals surface area contributed by atoms with Crippen LogP contribution in [0.3, 0.4) is 0 Å². The molecule has 0 atom stereocenters. The fourth-order valence-electron chi connectivity index (χ4n) is 2.00. The van der Waals surface area contributed by atoms with Crippen molar-refractivity contribution in [2.24, 2.45) is 0 Å². The van der Waals surface area contributed by atoms with Gasteiger partial charge >= 0.3 is 48.9 Å². The number of amides is 1. The van der Waals surface area contributed by atoms with Gasteiger partial charge in [-0.25, -0.2) is 0 Å². The van der Waals surface area contributed by atoms with Crippen molar-refractivity contribution in [2.45, 2.75) is 71.1 Å². The summed E-state index contributed by atoms with van der Waals surface area (Å²) in [4.78, 5) is 11.3. The number of rotatable bonds is 13. The fourth-order valence-corrected chi connectivity index (χ4v) is 2.36. The molecule has 0 aliphatic heterocycles. The summed E-state index contributed by atoms with van der Waals surface area (Å²) < 4.78 is 29.4. The Morgan fingerprint density at radius 1 is 0.952 bits per heavy atom. The third-order valence-corrected chi connectivity index (χ3v) is 3.91. The van der Waals surface area contributed by atoms with E-state index in [4.69, 9.17) is 4.55 Å². The molecule has 0 aromatic heterocycles. The van der Waals surface area contributed by atoms with Crippen LogP contribution in [0.1, 0.15) is 71.1 Å². The van der Waals surface area contributed by atoms with Crippen LogP contribution in [0.15, 0.2) is 0 Å². The standard InChI is InChI=1S/C14H29NO4S.Ba.2H/c1-2-3-4-5-6-7-8-9-10-11-14(16)15-12-13-20(17,18)19;;;/h2-13H2,1H3,(H,15,16)(H,17,18,19);;;. The summed E-state index contributed by atoms with van der Waals surface area (Å²) in [5.74, 6) is -0.562. The molecule has 0 rings (SSSR count). The van der Waals surface area contributed by atoms with E-state index in [-0.39, 0.29) is 61.3 Å². The van der Waals surface area contributed by atoms with E-state index in [1.54, 1.807) is 0 Å². The van der Waals surface area contributed by atoms with E-state index in [1.807, 2.05) is 0 Å². The maximum atomic E-state index is 11.3. The van der Waals surface area contributed by atoms with Gasteiger partial charge in [0.25, 0.3) is 10.1 Å². The van der Waals surface area contributed by atoms with E-state index in [1.165, 1.54) is 38.5 Å². The Kier molecular flexibility index (Phi) is 18.3. The van der Waals surface area contributed by atoms with E-state index in [9.17, 15) is 13.2 Å². The van der Waals surface area contributed by atoms with Gasteiger partial charge in [-0.2, -0.15) is 8.42 Å². The number of hydrogen-bond acceptors (Lipinski definition) is 3. The first-order chi connectivity index (χ1) is 9.45. The van der Waals surface area contributed by atoms with Crippen LogP contribution in [0.4, 0.5) is 0 Å². The van der Waals surface area contributed by atoms with Crippen LogP contribution in [-0.2, 0) is 14.9 Å². The van der Waals surface area contributed by atoms with Crippen molar-refractivity contribution in [1.82, 2.24) is 5.32 Å². The number of nitrogens with one attached hydrogen (secondary N) is 1. The molecule has 0 saturated heterocycles. The second-order valence-corrected chi connectivity index (χ2v) is 6.79. The summed E-state index contributed by atoms with van der Waals surface area (Å²) in [5, 5.41) is 2.49. The Labute approximate surface area is 169 Å². The van der Waals surface area contributed by atoms with Crippen molar-refractivity contribution in [3.8, 4) is 0 Å². The van der Waals surface area contributed by atoms with Gasteiger partial charge in [0.05, 0.1) is 5.75 Å². The molecule has 0 unspecified atom stereocenters. The predicted octanol–water partition coefficient (Wildman–Crippen LogP) is 2.00. The molecule has 7 heteroatoms. The van der Waals surface area contributed by atoms with Crippen LogP contribution in [0.2, 0.25) is 0 Å². The summed E-state index contributed by atoms with van der Waals surface area (Å²) in [5.41, 5.74) is 0. The Morgan fingerprint density at radius 2 is 1.43 bits per heavy atom. The normalized spacial score (nSPS) is 11.0. The summed E-state index contributed by atoms with van der Waals surface area (Å²) in [6.45, 7) is 2.19. The molecule has 2 N–H and O–H groups in total.